The SMILES string of the molecule is CCC(C)N(C)C1(CN)CCCC(CC(C)C)C1. The molecule has 2 nitrogen and oxygen atoms in total. The Morgan fingerprint density at radius 2 is 2.00 bits per heavy atom. The molecule has 0 aromatic heterocycles. The van der Waals surface area contributed by atoms with Crippen molar-refractivity contribution in [3.05, 3.63) is 0 Å². The molecule has 2 N–H and O–H groups in total. The lowest BCUT2D eigenvalue weighted by Crippen LogP contribution is -2.57. The molecule has 0 aromatic carbocycles. The third-order valence-corrected chi connectivity index (χ3v) is 5.11. The van der Waals surface area contributed by atoms with Crippen LogP contribution in [0.3, 0.4) is 0 Å². The smallest absolute Gasteiger partial charge is 0.0334 e. The molecule has 0 aromatic rings. The number of hydrogen-bond acceptors (Lipinski definition) is 2. The van der Waals surface area contributed by atoms with Crippen molar-refractivity contribution in [1.29, 1.82) is 0 Å². The number of nitrogens with zero attached hydrogens (tertiary/aromatic N) is 1. The predicted molar refractivity (Wildman–Crippen MR) is 80.7 cm³/mol. The number of hydrogen-bond donors (Lipinski definition) is 1. The zero-order chi connectivity index (χ0) is 13.8. The average molecular weight is 254 g/mol. The summed E-state index contributed by atoms with van der Waals surface area (Å²) in [6.07, 6.45) is 7.95. The van der Waals surface area contributed by atoms with E-state index in [0.717, 1.165) is 18.4 Å². The second-order valence-electron chi connectivity index (χ2n) is 6.89. The standard InChI is InChI=1S/C16H34N2/c1-6-14(4)18(5)16(12-17)9-7-8-15(11-16)10-13(2)3/h13-15H,6-12,17H2,1-5H3. The minimum atomic E-state index is 0.271. The van der Waals surface area contributed by atoms with Crippen LogP contribution in [0.25, 0.3) is 0 Å². The lowest BCUT2D eigenvalue weighted by molar-refractivity contribution is 0.0241. The van der Waals surface area contributed by atoms with E-state index in [0.29, 0.717) is 6.04 Å². The van der Waals surface area contributed by atoms with Crippen molar-refractivity contribution in [3.8, 4) is 0 Å². The first-order chi connectivity index (χ1) is 8.45. The molecular formula is C16H34N2. The molecule has 3 atom stereocenters. The van der Waals surface area contributed by atoms with Crippen LogP contribution in [0.5, 0.6) is 0 Å². The van der Waals surface area contributed by atoms with Crippen molar-refractivity contribution in [2.45, 2.75) is 77.8 Å². The fourth-order valence-electron chi connectivity index (χ4n) is 3.72. The molecule has 1 fully saturated rings. The van der Waals surface area contributed by atoms with E-state index in [4.69, 9.17) is 5.73 Å². The maximum absolute atomic E-state index is 6.18. The molecule has 0 heterocycles. The summed E-state index contributed by atoms with van der Waals surface area (Å²) in [6, 6.07) is 0.645. The summed E-state index contributed by atoms with van der Waals surface area (Å²) in [5, 5.41) is 0. The van der Waals surface area contributed by atoms with Crippen LogP contribution in [0, 0.1) is 11.8 Å². The van der Waals surface area contributed by atoms with Crippen molar-refractivity contribution >= 4 is 0 Å². The lowest BCUT2D eigenvalue weighted by atomic mass is 9.72. The highest BCUT2D eigenvalue weighted by atomic mass is 15.2. The van der Waals surface area contributed by atoms with Crippen LogP contribution < -0.4 is 5.73 Å². The van der Waals surface area contributed by atoms with Gasteiger partial charge in [-0.1, -0.05) is 33.6 Å². The Labute approximate surface area is 114 Å². The van der Waals surface area contributed by atoms with Crippen molar-refractivity contribution < 1.29 is 0 Å². The quantitative estimate of drug-likeness (QED) is 0.784. The van der Waals surface area contributed by atoms with Gasteiger partial charge in [-0.15, -0.1) is 0 Å². The third kappa shape index (κ3) is 3.71. The van der Waals surface area contributed by atoms with Gasteiger partial charge in [0.15, 0.2) is 0 Å². The summed E-state index contributed by atoms with van der Waals surface area (Å²) in [4.78, 5) is 2.58. The van der Waals surface area contributed by atoms with E-state index in [1.165, 1.54) is 38.5 Å². The highest BCUT2D eigenvalue weighted by molar-refractivity contribution is 4.97. The fraction of sp³-hybridized carbons (Fsp3) is 1.00. The van der Waals surface area contributed by atoms with Gasteiger partial charge in [-0.3, -0.25) is 4.90 Å². The monoisotopic (exact) mass is 254 g/mol. The van der Waals surface area contributed by atoms with Crippen LogP contribution in [0.1, 0.15) is 66.2 Å². The minimum Gasteiger partial charge on any atom is -0.329 e. The number of nitrogens with two attached hydrogens (primary N) is 1. The summed E-state index contributed by atoms with van der Waals surface area (Å²) in [5.41, 5.74) is 6.45. The maximum Gasteiger partial charge on any atom is 0.0334 e. The molecule has 18 heavy (non-hydrogen) atoms. The molecule has 1 rings (SSSR count). The number of likely N-dealkylation sites (N-methyl/N-ethyl adjacent to an activating group) is 1. The van der Waals surface area contributed by atoms with E-state index in [9.17, 15) is 0 Å². The summed E-state index contributed by atoms with van der Waals surface area (Å²) in [6.45, 7) is 10.1. The molecule has 1 aliphatic carbocycles. The van der Waals surface area contributed by atoms with Gasteiger partial charge >= 0.3 is 0 Å². The van der Waals surface area contributed by atoms with Gasteiger partial charge in [-0.25, -0.2) is 0 Å². The Bertz CT molecular complexity index is 239. The summed E-state index contributed by atoms with van der Waals surface area (Å²) in [5.74, 6) is 1.70. The molecule has 0 radical (unpaired) electrons. The summed E-state index contributed by atoms with van der Waals surface area (Å²) in [7, 11) is 2.29. The molecule has 0 bridgehead atoms. The molecule has 108 valence electrons. The average Bonchev–Trinajstić information content (AvgIpc) is 2.36. The Morgan fingerprint density at radius 3 is 2.50 bits per heavy atom. The van der Waals surface area contributed by atoms with Gasteiger partial charge in [0.2, 0.25) is 0 Å². The Balaban J connectivity index is 2.73. The fourth-order valence-corrected chi connectivity index (χ4v) is 3.72. The molecule has 0 spiro atoms. The van der Waals surface area contributed by atoms with Crippen LogP contribution in [-0.4, -0.2) is 30.1 Å². The van der Waals surface area contributed by atoms with Crippen LogP contribution in [-0.2, 0) is 0 Å². The Kier molecular flexibility index (Phi) is 6.13. The van der Waals surface area contributed by atoms with E-state index in [1.807, 2.05) is 0 Å². The number of rotatable bonds is 6. The lowest BCUT2D eigenvalue weighted by Gasteiger charge is -2.49. The molecule has 1 saturated carbocycles. The molecule has 0 saturated heterocycles. The highest BCUT2D eigenvalue weighted by Crippen LogP contribution is 2.39. The molecule has 0 aliphatic heterocycles. The second-order valence-corrected chi connectivity index (χ2v) is 6.89. The van der Waals surface area contributed by atoms with E-state index in [1.54, 1.807) is 0 Å². The van der Waals surface area contributed by atoms with Gasteiger partial charge in [-0.05, 0) is 51.5 Å². The summed E-state index contributed by atoms with van der Waals surface area (Å²) >= 11 is 0. The zero-order valence-corrected chi connectivity index (χ0v) is 13.2. The van der Waals surface area contributed by atoms with Gasteiger partial charge in [0.25, 0.3) is 0 Å². The topological polar surface area (TPSA) is 29.3 Å². The normalized spacial score (nSPS) is 31.0. The van der Waals surface area contributed by atoms with Crippen molar-refractivity contribution in [2.75, 3.05) is 13.6 Å². The van der Waals surface area contributed by atoms with E-state index < -0.39 is 0 Å². The third-order valence-electron chi connectivity index (χ3n) is 5.11. The first-order valence-electron chi connectivity index (χ1n) is 7.88. The van der Waals surface area contributed by atoms with Crippen molar-refractivity contribution in [2.24, 2.45) is 17.6 Å². The van der Waals surface area contributed by atoms with E-state index in [-0.39, 0.29) is 5.54 Å². The van der Waals surface area contributed by atoms with Crippen LogP contribution in [0.2, 0.25) is 0 Å². The van der Waals surface area contributed by atoms with Gasteiger partial charge in [0.1, 0.15) is 0 Å². The zero-order valence-electron chi connectivity index (χ0n) is 13.2. The van der Waals surface area contributed by atoms with E-state index in [2.05, 4.69) is 39.6 Å². The van der Waals surface area contributed by atoms with Crippen LogP contribution in [0.15, 0.2) is 0 Å². The molecule has 0 amide bonds. The van der Waals surface area contributed by atoms with E-state index >= 15 is 0 Å². The first kappa shape index (κ1) is 16.0. The van der Waals surface area contributed by atoms with Crippen LogP contribution >= 0.6 is 0 Å². The van der Waals surface area contributed by atoms with Crippen molar-refractivity contribution in [3.63, 3.8) is 0 Å². The first-order valence-corrected chi connectivity index (χ1v) is 7.88. The highest BCUT2D eigenvalue weighted by Gasteiger charge is 2.39. The molecule has 2 heteroatoms. The maximum atomic E-state index is 6.18. The van der Waals surface area contributed by atoms with Crippen molar-refractivity contribution in [1.82, 2.24) is 4.90 Å². The van der Waals surface area contributed by atoms with Gasteiger partial charge in [-0.2, -0.15) is 0 Å². The Hall–Kier alpha value is -0.0800. The summed E-state index contributed by atoms with van der Waals surface area (Å²) < 4.78 is 0. The molecule has 1 aliphatic rings. The Morgan fingerprint density at radius 1 is 1.33 bits per heavy atom. The second kappa shape index (κ2) is 6.91. The predicted octanol–water partition coefficient (Wildman–Crippen LogP) is 3.65. The van der Waals surface area contributed by atoms with Gasteiger partial charge in [0, 0.05) is 18.1 Å². The largest absolute Gasteiger partial charge is 0.329 e. The molecular weight excluding hydrogens is 220 g/mol. The molecule has 3 unspecified atom stereocenters. The van der Waals surface area contributed by atoms with Crippen LogP contribution in [0.4, 0.5) is 0 Å². The minimum absolute atomic E-state index is 0.271. The van der Waals surface area contributed by atoms with Gasteiger partial charge in [0.05, 0.1) is 0 Å². The van der Waals surface area contributed by atoms with Gasteiger partial charge < -0.3 is 5.73 Å².